The third kappa shape index (κ3) is 69.5. The van der Waals surface area contributed by atoms with Gasteiger partial charge in [-0.05, 0) is 37.5 Å². The molecule has 0 aliphatic heterocycles. The first-order chi connectivity index (χ1) is 46.9. The summed E-state index contributed by atoms with van der Waals surface area (Å²) in [5, 5.41) is 10.6. The molecule has 0 heterocycles. The van der Waals surface area contributed by atoms with E-state index in [0.29, 0.717) is 25.7 Å². The number of carbonyl (C=O) groups is 4. The maximum Gasteiger partial charge on any atom is 0.472 e. The van der Waals surface area contributed by atoms with Gasteiger partial charge in [-0.15, -0.1) is 0 Å². The zero-order valence-corrected chi connectivity index (χ0v) is 65.2. The van der Waals surface area contributed by atoms with Crippen LogP contribution < -0.4 is 0 Å². The highest BCUT2D eigenvalue weighted by Gasteiger charge is 2.30. The Balaban J connectivity index is 5.19. The molecule has 4 unspecified atom stereocenters. The third-order valence-corrected chi connectivity index (χ3v) is 20.8. The number of hydrogen-bond donors (Lipinski definition) is 3. The summed E-state index contributed by atoms with van der Waals surface area (Å²) in [6.07, 6.45) is 58.4. The second-order valence-electron chi connectivity index (χ2n) is 28.6. The minimum Gasteiger partial charge on any atom is -0.462 e. The standard InChI is InChI=1S/C78H152O17P2/c1-7-11-13-15-17-19-21-22-23-24-25-26-27-28-29-30-31-33-39-43-51-57-63-78(83)94-73(66-88-75(80)60-54-48-41-37-35-34-36-40-46-52-58-70(5)9-3)68-92-96(84,85)90-64-72(79)65-91-97(86,87)93-69-74(67-89-76(81)61-55-49-45-44-47-53-59-71(6)10-4)95-77(82)62-56-50-42-38-32-20-18-16-14-12-8-2/h70-74,79H,7-69H2,1-6H3,(H,84,85)(H,86,87)/t70?,71?,72-,73-,74-/m1/s1. The van der Waals surface area contributed by atoms with Gasteiger partial charge in [0.05, 0.1) is 26.4 Å². The van der Waals surface area contributed by atoms with Gasteiger partial charge in [-0.25, -0.2) is 9.13 Å². The number of phosphoric ester groups is 2. The van der Waals surface area contributed by atoms with Gasteiger partial charge in [0.25, 0.3) is 0 Å². The average Bonchev–Trinajstić information content (AvgIpc) is 1.09. The van der Waals surface area contributed by atoms with Crippen LogP contribution >= 0.6 is 15.6 Å². The summed E-state index contributed by atoms with van der Waals surface area (Å²) >= 11 is 0. The Kier molecular flexibility index (Phi) is 68.4. The molecule has 0 rings (SSSR count). The molecule has 7 atom stereocenters. The lowest BCUT2D eigenvalue weighted by Gasteiger charge is -2.21. The topological polar surface area (TPSA) is 237 Å². The van der Waals surface area contributed by atoms with Gasteiger partial charge >= 0.3 is 39.5 Å². The maximum atomic E-state index is 13.1. The second kappa shape index (κ2) is 69.8. The molecule has 0 bridgehead atoms. The van der Waals surface area contributed by atoms with Crippen molar-refractivity contribution in [1.29, 1.82) is 0 Å². The molecule has 0 spiro atoms. The fourth-order valence-corrected chi connectivity index (χ4v) is 13.5. The van der Waals surface area contributed by atoms with Gasteiger partial charge in [0.2, 0.25) is 0 Å². The molecule has 0 aromatic heterocycles. The van der Waals surface area contributed by atoms with E-state index in [9.17, 15) is 43.2 Å². The molecule has 0 saturated carbocycles. The van der Waals surface area contributed by atoms with Crippen LogP contribution in [0.25, 0.3) is 0 Å². The molecular formula is C78H152O17P2. The Morgan fingerprint density at radius 3 is 0.732 bits per heavy atom. The van der Waals surface area contributed by atoms with Crippen molar-refractivity contribution in [2.24, 2.45) is 11.8 Å². The molecule has 0 aromatic rings. The SMILES string of the molecule is CCCCCCCCCCCCCCCCCCCCCCCCC(=O)O[C@H](COC(=O)CCCCCCCCCCCCC(C)CC)COP(=O)(O)OC[C@@H](O)COP(=O)(O)OC[C@@H](COC(=O)CCCCCCCCC(C)CC)OC(=O)CCCCCCCCCCCCC. The molecular weight excluding hydrogens is 1270 g/mol. The molecule has 576 valence electrons. The Bertz CT molecular complexity index is 1880. The van der Waals surface area contributed by atoms with Crippen LogP contribution in [0.2, 0.25) is 0 Å². The number of carbonyl (C=O) groups excluding carboxylic acids is 4. The number of ether oxygens (including phenoxy) is 4. The molecule has 0 amide bonds. The third-order valence-electron chi connectivity index (χ3n) is 18.9. The fourth-order valence-electron chi connectivity index (χ4n) is 11.9. The highest BCUT2D eigenvalue weighted by molar-refractivity contribution is 7.47. The highest BCUT2D eigenvalue weighted by Crippen LogP contribution is 2.45. The lowest BCUT2D eigenvalue weighted by molar-refractivity contribution is -0.161. The summed E-state index contributed by atoms with van der Waals surface area (Å²) in [7, 11) is -9.91. The molecule has 97 heavy (non-hydrogen) atoms. The summed E-state index contributed by atoms with van der Waals surface area (Å²) in [5.74, 6) is -0.575. The molecule has 0 aliphatic rings. The summed E-state index contributed by atoms with van der Waals surface area (Å²) in [6.45, 7) is 9.59. The Morgan fingerprint density at radius 2 is 0.495 bits per heavy atom. The predicted molar refractivity (Wildman–Crippen MR) is 395 cm³/mol. The van der Waals surface area contributed by atoms with E-state index in [1.807, 2.05) is 0 Å². The van der Waals surface area contributed by atoms with E-state index in [-0.39, 0.29) is 25.7 Å². The van der Waals surface area contributed by atoms with E-state index >= 15 is 0 Å². The Hall–Kier alpha value is -1.94. The minimum absolute atomic E-state index is 0.106. The largest absolute Gasteiger partial charge is 0.472 e. The van der Waals surface area contributed by atoms with E-state index in [4.69, 9.17) is 37.0 Å². The first kappa shape index (κ1) is 95.1. The Morgan fingerprint density at radius 1 is 0.289 bits per heavy atom. The lowest BCUT2D eigenvalue weighted by Crippen LogP contribution is -2.30. The summed E-state index contributed by atoms with van der Waals surface area (Å²) < 4.78 is 68.5. The van der Waals surface area contributed by atoms with Crippen LogP contribution in [0.3, 0.4) is 0 Å². The van der Waals surface area contributed by atoms with Crippen LogP contribution in [0.1, 0.15) is 408 Å². The quantitative estimate of drug-likeness (QED) is 0.0222. The predicted octanol–water partition coefficient (Wildman–Crippen LogP) is 23.1. The van der Waals surface area contributed by atoms with Crippen molar-refractivity contribution >= 4 is 39.5 Å². The maximum absolute atomic E-state index is 13.1. The number of unbranched alkanes of at least 4 members (excludes halogenated alkanes) is 45. The number of aliphatic hydroxyl groups excluding tert-OH is 1. The van der Waals surface area contributed by atoms with Gasteiger partial charge < -0.3 is 33.8 Å². The average molecular weight is 1420 g/mol. The molecule has 17 nitrogen and oxygen atoms in total. The van der Waals surface area contributed by atoms with E-state index < -0.39 is 97.5 Å². The zero-order chi connectivity index (χ0) is 71.4. The van der Waals surface area contributed by atoms with Gasteiger partial charge in [-0.2, -0.15) is 0 Å². The van der Waals surface area contributed by atoms with Crippen molar-refractivity contribution < 1.29 is 80.2 Å². The summed E-state index contributed by atoms with van der Waals surface area (Å²) in [6, 6.07) is 0. The zero-order valence-electron chi connectivity index (χ0n) is 63.4. The second-order valence-corrected chi connectivity index (χ2v) is 31.5. The lowest BCUT2D eigenvalue weighted by atomic mass is 9.99. The number of aliphatic hydroxyl groups is 1. The van der Waals surface area contributed by atoms with Gasteiger partial charge in [-0.1, -0.05) is 356 Å². The van der Waals surface area contributed by atoms with E-state index in [1.165, 1.54) is 218 Å². The monoisotopic (exact) mass is 1420 g/mol. The van der Waals surface area contributed by atoms with Crippen LogP contribution in [-0.4, -0.2) is 96.7 Å². The highest BCUT2D eigenvalue weighted by atomic mass is 31.2. The normalized spacial score (nSPS) is 14.5. The van der Waals surface area contributed by atoms with Crippen LogP contribution in [0.15, 0.2) is 0 Å². The molecule has 0 aromatic carbocycles. The van der Waals surface area contributed by atoms with Gasteiger partial charge in [0, 0.05) is 25.7 Å². The summed E-state index contributed by atoms with van der Waals surface area (Å²) in [4.78, 5) is 72.8. The van der Waals surface area contributed by atoms with Gasteiger partial charge in [-0.3, -0.25) is 37.3 Å². The number of hydrogen-bond acceptors (Lipinski definition) is 15. The van der Waals surface area contributed by atoms with Crippen molar-refractivity contribution in [3.05, 3.63) is 0 Å². The van der Waals surface area contributed by atoms with Crippen molar-refractivity contribution in [3.8, 4) is 0 Å². The molecule has 19 heteroatoms. The van der Waals surface area contributed by atoms with Gasteiger partial charge in [0.15, 0.2) is 12.2 Å². The van der Waals surface area contributed by atoms with Crippen molar-refractivity contribution in [1.82, 2.24) is 0 Å². The first-order valence-electron chi connectivity index (χ1n) is 40.6. The molecule has 0 radical (unpaired) electrons. The van der Waals surface area contributed by atoms with Crippen LogP contribution in [0.4, 0.5) is 0 Å². The fraction of sp³-hybridized carbons (Fsp3) is 0.949. The number of esters is 4. The van der Waals surface area contributed by atoms with Crippen molar-refractivity contribution in [3.63, 3.8) is 0 Å². The van der Waals surface area contributed by atoms with E-state index in [2.05, 4.69) is 41.5 Å². The van der Waals surface area contributed by atoms with Crippen LogP contribution in [0.5, 0.6) is 0 Å². The van der Waals surface area contributed by atoms with Gasteiger partial charge in [0.1, 0.15) is 19.3 Å². The van der Waals surface area contributed by atoms with Crippen molar-refractivity contribution in [2.45, 2.75) is 426 Å². The molecule has 0 aliphatic carbocycles. The molecule has 0 fully saturated rings. The number of phosphoric acid groups is 2. The minimum atomic E-state index is -4.96. The van der Waals surface area contributed by atoms with Crippen LogP contribution in [-0.2, 0) is 65.4 Å². The molecule has 3 N–H and O–H groups in total. The van der Waals surface area contributed by atoms with Crippen molar-refractivity contribution in [2.75, 3.05) is 39.6 Å². The summed E-state index contributed by atoms with van der Waals surface area (Å²) in [5.41, 5.74) is 0. The Labute approximate surface area is 594 Å². The molecule has 0 saturated heterocycles. The van der Waals surface area contributed by atoms with E-state index in [1.54, 1.807) is 0 Å². The first-order valence-corrected chi connectivity index (χ1v) is 43.6. The van der Waals surface area contributed by atoms with Crippen LogP contribution in [0, 0.1) is 11.8 Å². The smallest absolute Gasteiger partial charge is 0.462 e. The number of rotatable bonds is 77. The van der Waals surface area contributed by atoms with E-state index in [0.717, 1.165) is 108 Å².